The van der Waals surface area contributed by atoms with Crippen LogP contribution in [-0.2, 0) is 14.3 Å². The summed E-state index contributed by atoms with van der Waals surface area (Å²) in [6, 6.07) is 15.8. The number of hydrogen-bond acceptors (Lipinski definition) is 7. The summed E-state index contributed by atoms with van der Waals surface area (Å²) in [5.74, 6) is 3.21. The molecule has 5 aliphatic rings. The highest BCUT2D eigenvalue weighted by atomic mass is 32.2. The fourth-order valence-electron chi connectivity index (χ4n) is 7.97. The van der Waals surface area contributed by atoms with Gasteiger partial charge in [0.15, 0.2) is 6.10 Å². The van der Waals surface area contributed by atoms with Crippen molar-refractivity contribution in [2.45, 2.75) is 74.7 Å². The predicted molar refractivity (Wildman–Crippen MR) is 169 cm³/mol. The second-order valence-corrected chi connectivity index (χ2v) is 14.4. The highest BCUT2D eigenvalue weighted by Gasteiger charge is 2.52. The van der Waals surface area contributed by atoms with Crippen molar-refractivity contribution in [1.82, 2.24) is 4.90 Å². The quantitative estimate of drug-likeness (QED) is 0.399. The zero-order valence-electron chi connectivity index (χ0n) is 25.8. The number of hydrogen-bond donors (Lipinski definition) is 1. The number of rotatable bonds is 7. The van der Waals surface area contributed by atoms with Crippen molar-refractivity contribution < 1.29 is 19.1 Å². The van der Waals surface area contributed by atoms with Crippen molar-refractivity contribution >= 4 is 29.3 Å². The van der Waals surface area contributed by atoms with Gasteiger partial charge in [0.1, 0.15) is 5.75 Å². The molecular weight excluding hydrogens is 546 g/mol. The Labute approximate surface area is 255 Å². The highest BCUT2D eigenvalue weighted by molar-refractivity contribution is 7.99. The van der Waals surface area contributed by atoms with Crippen LogP contribution in [0.5, 0.6) is 5.75 Å². The Morgan fingerprint density at radius 2 is 1.64 bits per heavy atom. The van der Waals surface area contributed by atoms with E-state index in [1.807, 2.05) is 67.5 Å². The van der Waals surface area contributed by atoms with Gasteiger partial charge in [-0.2, -0.15) is 0 Å². The molecule has 2 aromatic carbocycles. The first-order chi connectivity index (χ1) is 20.1. The van der Waals surface area contributed by atoms with Gasteiger partial charge < -0.3 is 25.0 Å². The molecule has 4 fully saturated rings. The molecule has 2 N–H and O–H groups in total. The van der Waals surface area contributed by atoms with Crippen LogP contribution in [0.2, 0.25) is 0 Å². The van der Waals surface area contributed by atoms with E-state index in [-0.39, 0.29) is 11.2 Å². The van der Waals surface area contributed by atoms with E-state index in [1.54, 1.807) is 23.8 Å². The lowest BCUT2D eigenvalue weighted by atomic mass is 9.48. The zero-order valence-corrected chi connectivity index (χ0v) is 26.6. The van der Waals surface area contributed by atoms with Gasteiger partial charge in [-0.3, -0.25) is 9.59 Å². The summed E-state index contributed by atoms with van der Waals surface area (Å²) in [6.07, 6.45) is 8.05. The second-order valence-electron chi connectivity index (χ2n) is 13.2. The molecule has 7 nitrogen and oxygen atoms in total. The molecule has 4 saturated carbocycles. The van der Waals surface area contributed by atoms with Crippen LogP contribution in [0.1, 0.15) is 63.2 Å². The number of fused-ring (bicyclic) bond motifs is 1. The second kappa shape index (κ2) is 13.0. The van der Waals surface area contributed by atoms with Gasteiger partial charge in [0.05, 0.1) is 18.0 Å². The normalized spacial score (nSPS) is 30.2. The summed E-state index contributed by atoms with van der Waals surface area (Å²) >= 11 is 1.54. The smallest absolute Gasteiger partial charge is 0.303 e. The van der Waals surface area contributed by atoms with Crippen molar-refractivity contribution in [3.05, 3.63) is 54.1 Å². The van der Waals surface area contributed by atoms with Gasteiger partial charge in [-0.1, -0.05) is 24.3 Å². The molecular formula is C34H47N3O4S. The maximum absolute atomic E-state index is 13.6. The predicted octanol–water partition coefficient (Wildman–Crippen LogP) is 5.92. The molecule has 228 valence electrons. The molecule has 3 atom stereocenters. The number of nitrogens with zero attached hydrogens (tertiary/aromatic N) is 2. The minimum absolute atomic E-state index is 0.208. The number of carbonyl (C=O) groups excluding carboxylic acids is 2. The number of thioether (sulfide) groups is 1. The van der Waals surface area contributed by atoms with E-state index >= 15 is 0 Å². The Bertz CT molecular complexity index is 1210. The van der Waals surface area contributed by atoms with Crippen LogP contribution < -0.4 is 15.4 Å². The van der Waals surface area contributed by atoms with Gasteiger partial charge in [0.2, 0.25) is 0 Å². The Morgan fingerprint density at radius 3 is 2.17 bits per heavy atom. The van der Waals surface area contributed by atoms with Crippen molar-refractivity contribution in [3.8, 4) is 5.75 Å². The molecule has 1 aliphatic heterocycles. The fraction of sp³-hybridized carbons (Fsp3) is 0.588. The van der Waals surface area contributed by atoms with E-state index in [1.165, 1.54) is 45.4 Å². The average molecular weight is 594 g/mol. The summed E-state index contributed by atoms with van der Waals surface area (Å²) in [7, 11) is 5.54. The minimum atomic E-state index is -0.916. The van der Waals surface area contributed by atoms with Crippen LogP contribution >= 0.6 is 11.8 Å². The Kier molecular flexibility index (Phi) is 9.55. The number of esters is 1. The molecule has 0 spiro atoms. The largest absolute Gasteiger partial charge is 0.497 e. The molecule has 1 amide bonds. The third-order valence-electron chi connectivity index (χ3n) is 9.75. The van der Waals surface area contributed by atoms with Gasteiger partial charge >= 0.3 is 5.97 Å². The molecule has 7 rings (SSSR count). The number of nitrogens with two attached hydrogens (primary N) is 1. The van der Waals surface area contributed by atoms with E-state index < -0.39 is 12.1 Å². The number of carbonyl (C=O) groups is 2. The van der Waals surface area contributed by atoms with Gasteiger partial charge in [-0.05, 0) is 113 Å². The molecule has 42 heavy (non-hydrogen) atoms. The molecule has 8 heteroatoms. The number of methoxy groups -OCH3 is 1. The first-order valence-corrected chi connectivity index (χ1v) is 16.2. The van der Waals surface area contributed by atoms with Crippen LogP contribution in [0.4, 0.5) is 5.69 Å². The van der Waals surface area contributed by atoms with Crippen LogP contribution in [-0.4, -0.2) is 63.2 Å². The molecule has 1 heterocycles. The van der Waals surface area contributed by atoms with Crippen LogP contribution in [0, 0.1) is 23.2 Å². The van der Waals surface area contributed by atoms with Crippen molar-refractivity contribution in [3.63, 3.8) is 0 Å². The molecule has 4 bridgehead atoms. The zero-order chi connectivity index (χ0) is 30.0. The lowest BCUT2D eigenvalue weighted by molar-refractivity contribution is -0.152. The number of para-hydroxylation sites is 1. The minimum Gasteiger partial charge on any atom is -0.497 e. The standard InChI is InChI=1S/C22H26N2O4S.C12H21N/c1-15(25)28-20-21(16-9-11-17(27-4)12-10-16)29-19-8-6-5-7-18(19)24(22(20)26)14-13-23(2)3;1-8(13)12-5-9-2-10(6-12)4-11(3-9)7-12/h5-12,20-21H,13-14H2,1-4H3;8-11H,2-7,13H2,1H3/t20-,21+;/m1./s1. The number of ether oxygens (including phenoxy) is 2. The van der Waals surface area contributed by atoms with E-state index in [4.69, 9.17) is 15.2 Å². The van der Waals surface area contributed by atoms with E-state index in [9.17, 15) is 9.59 Å². The van der Waals surface area contributed by atoms with Crippen molar-refractivity contribution in [2.75, 3.05) is 39.2 Å². The van der Waals surface area contributed by atoms with Gasteiger partial charge in [-0.25, -0.2) is 0 Å². The maximum Gasteiger partial charge on any atom is 0.303 e. The summed E-state index contributed by atoms with van der Waals surface area (Å²) in [5.41, 5.74) is 8.52. The summed E-state index contributed by atoms with van der Waals surface area (Å²) in [4.78, 5) is 30.2. The molecule has 1 unspecified atom stereocenters. The van der Waals surface area contributed by atoms with Crippen LogP contribution in [0.15, 0.2) is 53.4 Å². The van der Waals surface area contributed by atoms with E-state index in [0.717, 1.165) is 39.6 Å². The Balaban J connectivity index is 0.000000222. The molecule has 4 aliphatic carbocycles. The maximum atomic E-state index is 13.6. The van der Waals surface area contributed by atoms with Gasteiger partial charge in [0, 0.05) is 31.0 Å². The monoisotopic (exact) mass is 593 g/mol. The lowest BCUT2D eigenvalue weighted by Gasteiger charge is -2.58. The van der Waals surface area contributed by atoms with Crippen LogP contribution in [0.3, 0.4) is 0 Å². The summed E-state index contributed by atoms with van der Waals surface area (Å²) < 4.78 is 10.8. The van der Waals surface area contributed by atoms with Gasteiger partial charge in [-0.15, -0.1) is 11.8 Å². The summed E-state index contributed by atoms with van der Waals surface area (Å²) in [5, 5.41) is -0.359. The SMILES string of the molecule is CC(N)C12CC3CC(CC(C3)C1)C2.COc1ccc([C@@H]2Sc3ccccc3N(CCN(C)C)C(=O)[C@@H]2OC(C)=O)cc1. The first kappa shape index (κ1) is 30.9. The molecule has 2 aromatic rings. The Morgan fingerprint density at radius 1 is 1.05 bits per heavy atom. The van der Waals surface area contributed by atoms with Gasteiger partial charge in [0.25, 0.3) is 5.91 Å². The molecule has 0 saturated heterocycles. The van der Waals surface area contributed by atoms with E-state index in [0.29, 0.717) is 24.5 Å². The number of likely N-dealkylation sites (N-methyl/N-ethyl adjacent to an activating group) is 1. The van der Waals surface area contributed by atoms with Crippen LogP contribution in [0.25, 0.3) is 0 Å². The molecule has 0 radical (unpaired) electrons. The number of anilines is 1. The molecule has 0 aromatic heterocycles. The summed E-state index contributed by atoms with van der Waals surface area (Å²) in [6.45, 7) is 4.79. The number of amides is 1. The first-order valence-electron chi connectivity index (χ1n) is 15.4. The lowest BCUT2D eigenvalue weighted by Crippen LogP contribution is -2.53. The van der Waals surface area contributed by atoms with Crippen molar-refractivity contribution in [2.24, 2.45) is 28.9 Å². The topological polar surface area (TPSA) is 85.1 Å². The third-order valence-corrected chi connectivity index (χ3v) is 11.1. The third kappa shape index (κ3) is 6.66. The fourth-order valence-corrected chi connectivity index (χ4v) is 9.29. The van der Waals surface area contributed by atoms with Crippen molar-refractivity contribution in [1.29, 1.82) is 0 Å². The average Bonchev–Trinajstić information content (AvgIpc) is 3.05. The highest BCUT2D eigenvalue weighted by Crippen LogP contribution is 2.60. The Hall–Kier alpha value is -2.55. The van der Waals surface area contributed by atoms with E-state index in [2.05, 4.69) is 6.92 Å². The number of benzene rings is 2.